The van der Waals surface area contributed by atoms with E-state index < -0.39 is 0 Å². The number of rotatable bonds is 5. The van der Waals surface area contributed by atoms with Crippen molar-refractivity contribution in [2.75, 3.05) is 5.32 Å². The standard InChI is InChI=1S/C15H20N4O2S/c1-9(2)14-18-13(21-19-14)8-7-12(20)17-15-16-10-5-3-4-6-11(10)22-15/h9H,3-8H2,1-2H3,(H,16,17,20). The largest absolute Gasteiger partial charge is 0.339 e. The van der Waals surface area contributed by atoms with Crippen LogP contribution in [0.4, 0.5) is 5.13 Å². The van der Waals surface area contributed by atoms with Crippen LogP contribution in [-0.2, 0) is 24.1 Å². The van der Waals surface area contributed by atoms with Crippen molar-refractivity contribution in [3.05, 3.63) is 22.3 Å². The van der Waals surface area contributed by atoms with Crippen molar-refractivity contribution in [1.82, 2.24) is 15.1 Å². The van der Waals surface area contributed by atoms with E-state index in [4.69, 9.17) is 4.52 Å². The molecule has 3 rings (SSSR count). The van der Waals surface area contributed by atoms with Crippen molar-refractivity contribution >= 4 is 22.4 Å². The van der Waals surface area contributed by atoms with E-state index in [0.29, 0.717) is 29.7 Å². The van der Waals surface area contributed by atoms with E-state index >= 15 is 0 Å². The normalized spacial score (nSPS) is 14.1. The highest BCUT2D eigenvalue weighted by Crippen LogP contribution is 2.29. The van der Waals surface area contributed by atoms with Crippen molar-refractivity contribution in [1.29, 1.82) is 0 Å². The molecule has 0 saturated heterocycles. The van der Waals surface area contributed by atoms with Gasteiger partial charge in [0.25, 0.3) is 0 Å². The van der Waals surface area contributed by atoms with Crippen LogP contribution in [0, 0.1) is 0 Å². The molecule has 0 radical (unpaired) electrons. The van der Waals surface area contributed by atoms with Crippen LogP contribution in [0.3, 0.4) is 0 Å². The molecular formula is C15H20N4O2S. The van der Waals surface area contributed by atoms with Crippen molar-refractivity contribution in [2.24, 2.45) is 0 Å². The second kappa shape index (κ2) is 6.56. The number of amides is 1. The smallest absolute Gasteiger partial charge is 0.227 e. The molecule has 2 aromatic heterocycles. The van der Waals surface area contributed by atoms with Crippen molar-refractivity contribution in [3.8, 4) is 0 Å². The van der Waals surface area contributed by atoms with Crippen LogP contribution in [-0.4, -0.2) is 21.0 Å². The molecule has 0 atom stereocenters. The van der Waals surface area contributed by atoms with Crippen LogP contribution >= 0.6 is 11.3 Å². The number of anilines is 1. The Bertz CT molecular complexity index is 639. The summed E-state index contributed by atoms with van der Waals surface area (Å²) in [5.41, 5.74) is 1.16. The van der Waals surface area contributed by atoms with Crippen molar-refractivity contribution in [3.63, 3.8) is 0 Å². The van der Waals surface area contributed by atoms with Gasteiger partial charge in [0.2, 0.25) is 11.8 Å². The maximum Gasteiger partial charge on any atom is 0.227 e. The van der Waals surface area contributed by atoms with Crippen LogP contribution < -0.4 is 5.32 Å². The van der Waals surface area contributed by atoms with E-state index in [1.807, 2.05) is 13.8 Å². The third kappa shape index (κ3) is 3.52. The van der Waals surface area contributed by atoms with Crippen LogP contribution in [0.2, 0.25) is 0 Å². The molecule has 7 heteroatoms. The van der Waals surface area contributed by atoms with Gasteiger partial charge in [-0.2, -0.15) is 4.98 Å². The van der Waals surface area contributed by atoms with Gasteiger partial charge >= 0.3 is 0 Å². The predicted molar refractivity (Wildman–Crippen MR) is 84.1 cm³/mol. The SMILES string of the molecule is CC(C)c1noc(CCC(=O)Nc2nc3c(s2)CCCC3)n1. The van der Waals surface area contributed by atoms with Gasteiger partial charge in [0.15, 0.2) is 11.0 Å². The summed E-state index contributed by atoms with van der Waals surface area (Å²) in [6.07, 6.45) is 5.31. The first-order chi connectivity index (χ1) is 10.6. The highest BCUT2D eigenvalue weighted by atomic mass is 32.1. The number of aryl methyl sites for hydroxylation is 3. The fraction of sp³-hybridized carbons (Fsp3) is 0.600. The van der Waals surface area contributed by atoms with Crippen LogP contribution in [0.25, 0.3) is 0 Å². The Balaban J connectivity index is 1.52. The summed E-state index contributed by atoms with van der Waals surface area (Å²) in [6, 6.07) is 0. The van der Waals surface area contributed by atoms with Gasteiger partial charge in [-0.05, 0) is 25.7 Å². The average Bonchev–Trinajstić information content (AvgIpc) is 3.11. The Morgan fingerprint density at radius 3 is 2.86 bits per heavy atom. The Morgan fingerprint density at radius 2 is 2.14 bits per heavy atom. The minimum Gasteiger partial charge on any atom is -0.339 e. The maximum absolute atomic E-state index is 12.0. The Labute approximate surface area is 133 Å². The lowest BCUT2D eigenvalue weighted by Gasteiger charge is -2.06. The number of carbonyl (C=O) groups excluding carboxylic acids is 1. The fourth-order valence-electron chi connectivity index (χ4n) is 2.41. The summed E-state index contributed by atoms with van der Waals surface area (Å²) in [5, 5.41) is 7.48. The highest BCUT2D eigenvalue weighted by molar-refractivity contribution is 7.15. The predicted octanol–water partition coefficient (Wildman–Crippen LogP) is 3.10. The topological polar surface area (TPSA) is 80.9 Å². The molecule has 0 aliphatic heterocycles. The third-order valence-corrected chi connectivity index (χ3v) is 4.73. The zero-order valence-electron chi connectivity index (χ0n) is 12.9. The number of hydrogen-bond donors (Lipinski definition) is 1. The second-order valence-electron chi connectivity index (χ2n) is 5.85. The number of carbonyl (C=O) groups is 1. The van der Waals surface area contributed by atoms with Crippen molar-refractivity contribution < 1.29 is 9.32 Å². The first-order valence-electron chi connectivity index (χ1n) is 7.72. The zero-order valence-corrected chi connectivity index (χ0v) is 13.7. The summed E-state index contributed by atoms with van der Waals surface area (Å²) >= 11 is 1.60. The molecule has 0 bridgehead atoms. The quantitative estimate of drug-likeness (QED) is 0.915. The molecule has 1 aliphatic carbocycles. The van der Waals surface area contributed by atoms with Gasteiger partial charge in [-0.25, -0.2) is 4.98 Å². The lowest BCUT2D eigenvalue weighted by molar-refractivity contribution is -0.116. The molecule has 22 heavy (non-hydrogen) atoms. The summed E-state index contributed by atoms with van der Waals surface area (Å²) < 4.78 is 5.14. The minimum absolute atomic E-state index is 0.0598. The van der Waals surface area contributed by atoms with Crippen LogP contribution in [0.15, 0.2) is 4.52 Å². The number of fused-ring (bicyclic) bond motifs is 1. The third-order valence-electron chi connectivity index (χ3n) is 3.66. The molecule has 118 valence electrons. The molecule has 1 aliphatic rings. The van der Waals surface area contributed by atoms with E-state index in [-0.39, 0.29) is 11.8 Å². The Hall–Kier alpha value is -1.76. The number of hydrogen-bond acceptors (Lipinski definition) is 6. The molecule has 0 saturated carbocycles. The number of nitrogens with zero attached hydrogens (tertiary/aromatic N) is 3. The first-order valence-corrected chi connectivity index (χ1v) is 8.54. The number of nitrogens with one attached hydrogen (secondary N) is 1. The number of thiazole rings is 1. The lowest BCUT2D eigenvalue weighted by atomic mass is 10.0. The fourth-order valence-corrected chi connectivity index (χ4v) is 3.48. The summed E-state index contributed by atoms with van der Waals surface area (Å²) in [4.78, 5) is 22.1. The van der Waals surface area contributed by atoms with E-state index in [1.165, 1.54) is 17.7 Å². The molecule has 0 spiro atoms. The van der Waals surface area contributed by atoms with Gasteiger partial charge in [0, 0.05) is 23.6 Å². The molecule has 2 aromatic rings. The highest BCUT2D eigenvalue weighted by Gasteiger charge is 2.17. The first kappa shape index (κ1) is 15.1. The van der Waals surface area contributed by atoms with Gasteiger partial charge in [-0.15, -0.1) is 11.3 Å². The molecular weight excluding hydrogens is 300 g/mol. The monoisotopic (exact) mass is 320 g/mol. The minimum atomic E-state index is -0.0598. The molecule has 6 nitrogen and oxygen atoms in total. The molecule has 0 aromatic carbocycles. The van der Waals surface area contributed by atoms with E-state index in [9.17, 15) is 4.79 Å². The van der Waals surface area contributed by atoms with E-state index in [1.54, 1.807) is 11.3 Å². The van der Waals surface area contributed by atoms with Gasteiger partial charge < -0.3 is 9.84 Å². The van der Waals surface area contributed by atoms with Crippen LogP contribution in [0.5, 0.6) is 0 Å². The second-order valence-corrected chi connectivity index (χ2v) is 6.93. The molecule has 1 amide bonds. The molecule has 1 N–H and O–H groups in total. The van der Waals surface area contributed by atoms with Crippen LogP contribution in [0.1, 0.15) is 61.3 Å². The average molecular weight is 320 g/mol. The number of aromatic nitrogens is 3. The Morgan fingerprint density at radius 1 is 1.32 bits per heavy atom. The lowest BCUT2D eigenvalue weighted by Crippen LogP contribution is -2.12. The maximum atomic E-state index is 12.0. The summed E-state index contributed by atoms with van der Waals surface area (Å²) in [6.45, 7) is 4.01. The molecule has 0 fully saturated rings. The summed E-state index contributed by atoms with van der Waals surface area (Å²) in [5.74, 6) is 1.36. The van der Waals surface area contributed by atoms with Gasteiger partial charge in [-0.1, -0.05) is 19.0 Å². The van der Waals surface area contributed by atoms with Gasteiger partial charge in [-0.3, -0.25) is 4.79 Å². The van der Waals surface area contributed by atoms with Gasteiger partial charge in [0.1, 0.15) is 0 Å². The molecule has 0 unspecified atom stereocenters. The zero-order chi connectivity index (χ0) is 15.5. The van der Waals surface area contributed by atoms with E-state index in [2.05, 4.69) is 20.4 Å². The molecule has 2 heterocycles. The summed E-state index contributed by atoms with van der Waals surface area (Å²) in [7, 11) is 0. The van der Waals surface area contributed by atoms with Gasteiger partial charge in [0.05, 0.1) is 5.69 Å². The van der Waals surface area contributed by atoms with E-state index in [0.717, 1.165) is 18.5 Å². The van der Waals surface area contributed by atoms with Crippen molar-refractivity contribution in [2.45, 2.75) is 58.3 Å². The Kier molecular flexibility index (Phi) is 4.52.